The van der Waals surface area contributed by atoms with E-state index in [1.54, 1.807) is 0 Å². The topological polar surface area (TPSA) is 53.5 Å². The summed E-state index contributed by atoms with van der Waals surface area (Å²) in [4.78, 5) is 4.56. The van der Waals surface area contributed by atoms with Gasteiger partial charge in [0.15, 0.2) is 5.96 Å². The quantitative estimate of drug-likeness (QED) is 0.371. The Morgan fingerprint density at radius 3 is 2.57 bits per heavy atom. The van der Waals surface area contributed by atoms with Crippen LogP contribution in [0, 0.1) is 0 Å². The molecule has 2 N–H and O–H groups in total. The van der Waals surface area contributed by atoms with E-state index < -0.39 is 10.8 Å². The van der Waals surface area contributed by atoms with Crippen LogP contribution < -0.4 is 10.6 Å². The van der Waals surface area contributed by atoms with Crippen LogP contribution in [0.3, 0.4) is 0 Å². The van der Waals surface area contributed by atoms with Crippen LogP contribution in [0.4, 0.5) is 0 Å². The summed E-state index contributed by atoms with van der Waals surface area (Å²) in [6.07, 6.45) is 4.89. The second-order valence-corrected chi connectivity index (χ2v) is 7.10. The van der Waals surface area contributed by atoms with E-state index in [0.717, 1.165) is 31.0 Å². The van der Waals surface area contributed by atoms with Gasteiger partial charge in [-0.05, 0) is 18.9 Å². The average Bonchev–Trinajstić information content (AvgIpc) is 2.55. The van der Waals surface area contributed by atoms with Crippen LogP contribution in [-0.2, 0) is 16.6 Å². The number of nitrogens with one attached hydrogen (secondary N) is 2. The maximum absolute atomic E-state index is 12.1. The van der Waals surface area contributed by atoms with E-state index in [1.807, 2.05) is 30.3 Å². The van der Waals surface area contributed by atoms with Crippen molar-refractivity contribution in [2.24, 2.45) is 4.99 Å². The molecule has 0 fully saturated rings. The fourth-order valence-corrected chi connectivity index (χ4v) is 3.23. The lowest BCUT2D eigenvalue weighted by atomic mass is 10.2. The largest absolute Gasteiger partial charge is 0.357 e. The second kappa shape index (κ2) is 13.1. The number of rotatable bonds is 11. The molecule has 4 nitrogen and oxygen atoms in total. The Hall–Kier alpha value is -1.36. The minimum Gasteiger partial charge on any atom is -0.357 e. The van der Waals surface area contributed by atoms with Crippen molar-refractivity contribution < 1.29 is 4.21 Å². The standard InChI is InChI=1S/C18H31N3OS/c1-3-5-6-10-13-20-18(19-4-2)21-14-15-23(22)16-17-11-8-7-9-12-17/h7-9,11-12H,3-6,10,13-16H2,1-2H3,(H2,19,20,21). The van der Waals surface area contributed by atoms with Gasteiger partial charge in [-0.1, -0.05) is 56.5 Å². The van der Waals surface area contributed by atoms with E-state index in [9.17, 15) is 4.21 Å². The molecule has 0 aliphatic rings. The molecule has 1 unspecified atom stereocenters. The van der Waals surface area contributed by atoms with Gasteiger partial charge in [0.1, 0.15) is 0 Å². The minimum absolute atomic E-state index is 0.618. The van der Waals surface area contributed by atoms with Gasteiger partial charge in [-0.2, -0.15) is 0 Å². The predicted octanol–water partition coefficient (Wildman–Crippen LogP) is 3.07. The van der Waals surface area contributed by atoms with Gasteiger partial charge in [-0.25, -0.2) is 0 Å². The lowest BCUT2D eigenvalue weighted by Gasteiger charge is -2.11. The molecule has 1 aromatic carbocycles. The summed E-state index contributed by atoms with van der Waals surface area (Å²) >= 11 is 0. The molecule has 0 heterocycles. The van der Waals surface area contributed by atoms with Gasteiger partial charge in [0.25, 0.3) is 0 Å². The first kappa shape index (κ1) is 19.7. The van der Waals surface area contributed by atoms with Gasteiger partial charge in [0.2, 0.25) is 0 Å². The fourth-order valence-electron chi connectivity index (χ4n) is 2.19. The van der Waals surface area contributed by atoms with Crippen molar-refractivity contribution in [2.75, 3.05) is 25.4 Å². The van der Waals surface area contributed by atoms with E-state index >= 15 is 0 Å². The molecule has 0 amide bonds. The van der Waals surface area contributed by atoms with Crippen molar-refractivity contribution in [3.63, 3.8) is 0 Å². The number of hydrogen-bond acceptors (Lipinski definition) is 2. The third-order valence-electron chi connectivity index (χ3n) is 3.42. The van der Waals surface area contributed by atoms with E-state index in [2.05, 4.69) is 29.5 Å². The van der Waals surface area contributed by atoms with Crippen molar-refractivity contribution in [1.29, 1.82) is 0 Å². The van der Waals surface area contributed by atoms with Gasteiger partial charge in [0, 0.05) is 41.9 Å². The summed E-state index contributed by atoms with van der Waals surface area (Å²) in [5.74, 6) is 2.09. The number of unbranched alkanes of at least 4 members (excludes halogenated alkanes) is 3. The molecule has 0 aromatic heterocycles. The van der Waals surface area contributed by atoms with Gasteiger partial charge in [-0.3, -0.25) is 9.20 Å². The number of guanidine groups is 1. The Kier molecular flexibility index (Phi) is 11.2. The first-order valence-electron chi connectivity index (χ1n) is 8.67. The summed E-state index contributed by atoms with van der Waals surface area (Å²) in [6.45, 7) is 6.64. The van der Waals surface area contributed by atoms with Gasteiger partial charge in [-0.15, -0.1) is 0 Å². The van der Waals surface area contributed by atoms with Crippen LogP contribution in [0.25, 0.3) is 0 Å². The first-order valence-corrected chi connectivity index (χ1v) is 10.2. The van der Waals surface area contributed by atoms with Crippen LogP contribution in [0.5, 0.6) is 0 Å². The summed E-state index contributed by atoms with van der Waals surface area (Å²) in [5, 5.41) is 6.51. The zero-order valence-electron chi connectivity index (χ0n) is 14.5. The number of hydrogen-bond donors (Lipinski definition) is 2. The van der Waals surface area contributed by atoms with Crippen molar-refractivity contribution in [3.8, 4) is 0 Å². The third kappa shape index (κ3) is 10.1. The Morgan fingerprint density at radius 1 is 1.09 bits per heavy atom. The fraction of sp³-hybridized carbons (Fsp3) is 0.611. The lowest BCUT2D eigenvalue weighted by Crippen LogP contribution is -2.39. The number of aliphatic imine (C=N–C) groups is 1. The molecule has 0 spiro atoms. The Morgan fingerprint density at radius 2 is 1.87 bits per heavy atom. The van der Waals surface area contributed by atoms with Gasteiger partial charge < -0.3 is 10.6 Å². The molecule has 23 heavy (non-hydrogen) atoms. The second-order valence-electron chi connectivity index (χ2n) is 5.52. The molecule has 0 bridgehead atoms. The molecule has 1 rings (SSSR count). The van der Waals surface area contributed by atoms with E-state index in [0.29, 0.717) is 18.1 Å². The SMILES string of the molecule is CCCCCCN=C(NCC)NCCS(=O)Cc1ccccc1. The van der Waals surface area contributed by atoms with Crippen molar-refractivity contribution >= 4 is 16.8 Å². The first-order chi connectivity index (χ1) is 11.3. The summed E-state index contributed by atoms with van der Waals surface area (Å²) < 4.78 is 12.1. The lowest BCUT2D eigenvalue weighted by molar-refractivity contribution is 0.670. The minimum atomic E-state index is -0.847. The zero-order valence-corrected chi connectivity index (χ0v) is 15.3. The van der Waals surface area contributed by atoms with E-state index in [1.165, 1.54) is 19.3 Å². The normalized spacial score (nSPS) is 12.9. The molecule has 5 heteroatoms. The highest BCUT2D eigenvalue weighted by molar-refractivity contribution is 7.84. The van der Waals surface area contributed by atoms with Crippen molar-refractivity contribution in [1.82, 2.24) is 10.6 Å². The predicted molar refractivity (Wildman–Crippen MR) is 101 cm³/mol. The van der Waals surface area contributed by atoms with Crippen LogP contribution in [0.15, 0.2) is 35.3 Å². The Labute approximate surface area is 143 Å². The van der Waals surface area contributed by atoms with Crippen LogP contribution in [0.2, 0.25) is 0 Å². The highest BCUT2D eigenvalue weighted by Gasteiger charge is 2.03. The highest BCUT2D eigenvalue weighted by atomic mass is 32.2. The zero-order chi connectivity index (χ0) is 16.8. The van der Waals surface area contributed by atoms with Crippen LogP contribution in [-0.4, -0.2) is 35.6 Å². The van der Waals surface area contributed by atoms with Crippen molar-refractivity contribution in [2.45, 2.75) is 45.3 Å². The molecule has 0 saturated heterocycles. The summed E-state index contributed by atoms with van der Waals surface area (Å²) in [6, 6.07) is 9.99. The Balaban J connectivity index is 2.25. The number of nitrogens with zero attached hydrogens (tertiary/aromatic N) is 1. The molecule has 0 saturated carbocycles. The maximum atomic E-state index is 12.1. The number of benzene rings is 1. The van der Waals surface area contributed by atoms with Crippen molar-refractivity contribution in [3.05, 3.63) is 35.9 Å². The molecular weight excluding hydrogens is 306 g/mol. The smallest absolute Gasteiger partial charge is 0.191 e. The Bertz CT molecular complexity index is 463. The van der Waals surface area contributed by atoms with Gasteiger partial charge >= 0.3 is 0 Å². The van der Waals surface area contributed by atoms with E-state index in [4.69, 9.17) is 0 Å². The van der Waals surface area contributed by atoms with E-state index in [-0.39, 0.29) is 0 Å². The molecular formula is C18H31N3OS. The molecule has 0 radical (unpaired) electrons. The summed E-state index contributed by atoms with van der Waals surface area (Å²) in [5.41, 5.74) is 1.13. The maximum Gasteiger partial charge on any atom is 0.191 e. The van der Waals surface area contributed by atoms with Crippen LogP contribution >= 0.6 is 0 Å². The molecule has 1 aromatic rings. The van der Waals surface area contributed by atoms with Crippen LogP contribution in [0.1, 0.15) is 45.1 Å². The monoisotopic (exact) mass is 337 g/mol. The summed E-state index contributed by atoms with van der Waals surface area (Å²) in [7, 11) is -0.847. The molecule has 1 atom stereocenters. The van der Waals surface area contributed by atoms with Gasteiger partial charge in [0.05, 0.1) is 0 Å². The molecule has 130 valence electrons. The third-order valence-corrected chi connectivity index (χ3v) is 4.73. The highest BCUT2D eigenvalue weighted by Crippen LogP contribution is 2.02. The average molecular weight is 338 g/mol. The molecule has 0 aliphatic heterocycles. The molecule has 0 aliphatic carbocycles.